The smallest absolute Gasteiger partial charge is 0.223 e. The molecule has 2 atom stereocenters. The van der Waals surface area contributed by atoms with Crippen LogP contribution in [0.25, 0.3) is 0 Å². The van der Waals surface area contributed by atoms with Crippen molar-refractivity contribution >= 4 is 5.91 Å². The zero-order valence-electron chi connectivity index (χ0n) is 16.7. The van der Waals surface area contributed by atoms with E-state index in [0.29, 0.717) is 17.8 Å². The van der Waals surface area contributed by atoms with Gasteiger partial charge in [-0.05, 0) is 55.2 Å². The molecule has 0 spiro atoms. The molecule has 0 radical (unpaired) electrons. The number of benzene rings is 1. The molecule has 1 saturated heterocycles. The van der Waals surface area contributed by atoms with Gasteiger partial charge in [0.05, 0.1) is 0 Å². The largest absolute Gasteiger partial charge is 0.356 e. The van der Waals surface area contributed by atoms with E-state index >= 15 is 0 Å². The Hall–Kier alpha value is -1.38. The Kier molecular flexibility index (Phi) is 9.77. The predicted octanol–water partition coefficient (Wildman–Crippen LogP) is 5.99. The molecule has 0 aliphatic carbocycles. The van der Waals surface area contributed by atoms with Crippen molar-refractivity contribution in [1.82, 2.24) is 5.32 Å². The average Bonchev–Trinajstić information content (AvgIpc) is 3.01. The molecule has 0 saturated carbocycles. The van der Waals surface area contributed by atoms with Crippen LogP contribution in [0.2, 0.25) is 0 Å². The molecule has 1 aromatic rings. The SMILES string of the molecule is CCC(C)C1CCNC1=O.CCCC(CCC)c1ccc(C)cc1F. The topological polar surface area (TPSA) is 29.1 Å². The number of carbonyl (C=O) groups is 1. The van der Waals surface area contributed by atoms with E-state index in [1.165, 1.54) is 0 Å². The molecule has 1 fully saturated rings. The maximum absolute atomic E-state index is 13.7. The van der Waals surface area contributed by atoms with Gasteiger partial charge < -0.3 is 5.32 Å². The summed E-state index contributed by atoms with van der Waals surface area (Å²) in [6.07, 6.45) is 6.57. The minimum atomic E-state index is -0.0260. The normalized spacial score (nSPS) is 17.9. The van der Waals surface area contributed by atoms with E-state index in [-0.39, 0.29) is 11.7 Å². The molecular formula is C22H36FNO. The molecule has 1 N–H and O–H groups in total. The second-order valence-electron chi connectivity index (χ2n) is 7.37. The number of halogens is 1. The van der Waals surface area contributed by atoms with Gasteiger partial charge >= 0.3 is 0 Å². The van der Waals surface area contributed by atoms with Crippen LogP contribution >= 0.6 is 0 Å². The molecule has 0 aromatic heterocycles. The molecule has 142 valence electrons. The monoisotopic (exact) mass is 349 g/mol. The Morgan fingerprint density at radius 1 is 1.20 bits per heavy atom. The second kappa shape index (κ2) is 11.3. The van der Waals surface area contributed by atoms with Crippen molar-refractivity contribution in [2.45, 2.75) is 79.1 Å². The quantitative estimate of drug-likeness (QED) is 0.644. The van der Waals surface area contributed by atoms with Crippen molar-refractivity contribution in [3.8, 4) is 0 Å². The Labute approximate surface area is 153 Å². The lowest BCUT2D eigenvalue weighted by Crippen LogP contribution is -2.23. The van der Waals surface area contributed by atoms with Crippen LogP contribution in [0.15, 0.2) is 18.2 Å². The van der Waals surface area contributed by atoms with Gasteiger partial charge in [0.1, 0.15) is 5.82 Å². The molecule has 2 unspecified atom stereocenters. The highest BCUT2D eigenvalue weighted by molar-refractivity contribution is 5.80. The van der Waals surface area contributed by atoms with Crippen LogP contribution in [0.4, 0.5) is 4.39 Å². The molecule has 1 aromatic carbocycles. The van der Waals surface area contributed by atoms with E-state index in [4.69, 9.17) is 0 Å². The third-order valence-electron chi connectivity index (χ3n) is 5.29. The van der Waals surface area contributed by atoms with Gasteiger partial charge in [0, 0.05) is 12.5 Å². The molecule has 2 nitrogen and oxygen atoms in total. The van der Waals surface area contributed by atoms with Gasteiger partial charge in [-0.25, -0.2) is 4.39 Å². The first-order valence-corrected chi connectivity index (χ1v) is 9.98. The third kappa shape index (κ3) is 6.80. The van der Waals surface area contributed by atoms with Gasteiger partial charge in [0.25, 0.3) is 0 Å². The van der Waals surface area contributed by atoms with Gasteiger partial charge in [0.2, 0.25) is 5.91 Å². The Balaban J connectivity index is 0.000000271. The van der Waals surface area contributed by atoms with E-state index in [9.17, 15) is 9.18 Å². The Bertz CT molecular complexity index is 523. The van der Waals surface area contributed by atoms with Crippen LogP contribution in [0.1, 0.15) is 83.3 Å². The first-order valence-electron chi connectivity index (χ1n) is 9.98. The average molecular weight is 350 g/mol. The highest BCUT2D eigenvalue weighted by Crippen LogP contribution is 2.28. The summed E-state index contributed by atoms with van der Waals surface area (Å²) in [5.41, 5.74) is 1.91. The minimum absolute atomic E-state index is 0.0260. The predicted molar refractivity (Wildman–Crippen MR) is 104 cm³/mol. The Morgan fingerprint density at radius 2 is 1.84 bits per heavy atom. The first kappa shape index (κ1) is 21.7. The van der Waals surface area contributed by atoms with Crippen molar-refractivity contribution in [2.24, 2.45) is 11.8 Å². The van der Waals surface area contributed by atoms with E-state index in [1.807, 2.05) is 19.1 Å². The van der Waals surface area contributed by atoms with Crippen molar-refractivity contribution in [1.29, 1.82) is 0 Å². The lowest BCUT2D eigenvalue weighted by molar-refractivity contribution is -0.123. The van der Waals surface area contributed by atoms with Gasteiger partial charge in [-0.3, -0.25) is 4.79 Å². The highest BCUT2D eigenvalue weighted by atomic mass is 19.1. The summed E-state index contributed by atoms with van der Waals surface area (Å²) >= 11 is 0. The molecule has 1 aliphatic heterocycles. The van der Waals surface area contributed by atoms with Gasteiger partial charge in [-0.1, -0.05) is 59.1 Å². The van der Waals surface area contributed by atoms with Crippen LogP contribution in [0.3, 0.4) is 0 Å². The molecule has 0 bridgehead atoms. The molecule has 1 heterocycles. The minimum Gasteiger partial charge on any atom is -0.356 e. The Morgan fingerprint density at radius 3 is 2.28 bits per heavy atom. The number of rotatable bonds is 7. The fourth-order valence-corrected chi connectivity index (χ4v) is 3.56. The van der Waals surface area contributed by atoms with E-state index < -0.39 is 0 Å². The first-order chi connectivity index (χ1) is 11.9. The maximum Gasteiger partial charge on any atom is 0.223 e. The fourth-order valence-electron chi connectivity index (χ4n) is 3.56. The summed E-state index contributed by atoms with van der Waals surface area (Å²) in [7, 11) is 0. The highest BCUT2D eigenvalue weighted by Gasteiger charge is 2.27. The lowest BCUT2D eigenvalue weighted by Gasteiger charge is -2.16. The van der Waals surface area contributed by atoms with Crippen molar-refractivity contribution in [3.63, 3.8) is 0 Å². The summed E-state index contributed by atoms with van der Waals surface area (Å²) in [6.45, 7) is 11.4. The van der Waals surface area contributed by atoms with Crippen LogP contribution < -0.4 is 5.32 Å². The van der Waals surface area contributed by atoms with Gasteiger partial charge in [-0.15, -0.1) is 0 Å². The summed E-state index contributed by atoms with van der Waals surface area (Å²) in [6, 6.07) is 5.62. The van der Waals surface area contributed by atoms with Crippen LogP contribution in [-0.2, 0) is 4.79 Å². The van der Waals surface area contributed by atoms with E-state index in [2.05, 4.69) is 33.0 Å². The lowest BCUT2D eigenvalue weighted by atomic mass is 9.89. The van der Waals surface area contributed by atoms with Gasteiger partial charge in [0.15, 0.2) is 0 Å². The fraction of sp³-hybridized carbons (Fsp3) is 0.682. The molecule has 1 amide bonds. The number of hydrogen-bond donors (Lipinski definition) is 1. The van der Waals surface area contributed by atoms with Crippen LogP contribution in [0, 0.1) is 24.6 Å². The molecule has 3 heteroatoms. The van der Waals surface area contributed by atoms with Crippen molar-refractivity contribution < 1.29 is 9.18 Å². The molecule has 25 heavy (non-hydrogen) atoms. The summed E-state index contributed by atoms with van der Waals surface area (Å²) in [5.74, 6) is 1.49. The van der Waals surface area contributed by atoms with Crippen molar-refractivity contribution in [2.75, 3.05) is 6.54 Å². The van der Waals surface area contributed by atoms with Crippen LogP contribution in [0.5, 0.6) is 0 Å². The third-order valence-corrected chi connectivity index (χ3v) is 5.29. The van der Waals surface area contributed by atoms with Gasteiger partial charge in [-0.2, -0.15) is 0 Å². The van der Waals surface area contributed by atoms with E-state index in [0.717, 1.165) is 56.2 Å². The summed E-state index contributed by atoms with van der Waals surface area (Å²) < 4.78 is 13.7. The number of aryl methyl sites for hydroxylation is 1. The number of hydrogen-bond acceptors (Lipinski definition) is 1. The summed E-state index contributed by atoms with van der Waals surface area (Å²) in [4.78, 5) is 11.1. The van der Waals surface area contributed by atoms with Crippen LogP contribution in [-0.4, -0.2) is 12.5 Å². The summed E-state index contributed by atoms with van der Waals surface area (Å²) in [5, 5.41) is 2.85. The number of amides is 1. The second-order valence-corrected chi connectivity index (χ2v) is 7.37. The maximum atomic E-state index is 13.7. The molecule has 1 aliphatic rings. The molecular weight excluding hydrogens is 313 g/mol. The zero-order chi connectivity index (χ0) is 18.8. The van der Waals surface area contributed by atoms with Crippen molar-refractivity contribution in [3.05, 3.63) is 35.1 Å². The zero-order valence-corrected chi connectivity index (χ0v) is 16.7. The number of nitrogens with one attached hydrogen (secondary N) is 1. The standard InChI is InChI=1S/C14H21F.C8H15NO/c1-4-6-12(7-5-2)13-9-8-11(3)10-14(13)15;1-3-6(2)7-4-5-9-8(7)10/h8-10,12H,4-7H2,1-3H3;6-7H,3-5H2,1-2H3,(H,9,10). The van der Waals surface area contributed by atoms with E-state index in [1.54, 1.807) is 6.07 Å². The molecule has 2 rings (SSSR count). The number of carbonyl (C=O) groups excluding carboxylic acids is 1.